The molecular formula is C15H17BF4FeO2-. The van der Waals surface area contributed by atoms with Crippen molar-refractivity contribution in [2.75, 3.05) is 0 Å². The predicted molar refractivity (Wildman–Crippen MR) is 77.3 cm³/mol. The van der Waals surface area contributed by atoms with Gasteiger partial charge in [-0.1, -0.05) is 42.5 Å². The SMILES string of the molecule is C=CC1CC=CCC1.F[B-](F)(F)F.[C-]#[O+].[C-]#[O+].[CH]1C=CC=C1.[Fe]. The molecule has 2 rings (SSSR count). The van der Waals surface area contributed by atoms with Crippen LogP contribution in [-0.4, -0.2) is 7.25 Å². The quantitative estimate of drug-likeness (QED) is 0.203. The molecular weight excluding hydrogens is 355 g/mol. The smallest absolute Gasteiger partial charge is 0.00506 e. The molecule has 0 amide bonds. The van der Waals surface area contributed by atoms with E-state index in [2.05, 4.69) is 38.1 Å². The van der Waals surface area contributed by atoms with Gasteiger partial charge in [0.2, 0.25) is 0 Å². The summed E-state index contributed by atoms with van der Waals surface area (Å²) in [6.45, 7) is 12.8. The second-order valence-corrected chi connectivity index (χ2v) is 3.74. The Morgan fingerprint density at radius 3 is 1.57 bits per heavy atom. The number of hydrogen-bond donors (Lipinski definition) is 0. The fourth-order valence-corrected chi connectivity index (χ4v) is 1.35. The molecule has 0 spiro atoms. The van der Waals surface area contributed by atoms with Gasteiger partial charge in [-0.25, -0.2) is 0 Å². The Labute approximate surface area is 145 Å². The molecule has 0 fully saturated rings. The first kappa shape index (κ1) is 29.7. The van der Waals surface area contributed by atoms with E-state index in [1.165, 1.54) is 19.3 Å². The van der Waals surface area contributed by atoms with E-state index in [9.17, 15) is 17.3 Å². The van der Waals surface area contributed by atoms with Gasteiger partial charge in [-0.3, -0.25) is 0 Å². The fraction of sp³-hybridized carbons (Fsp3) is 0.267. The predicted octanol–water partition coefficient (Wildman–Crippen LogP) is 5.07. The summed E-state index contributed by atoms with van der Waals surface area (Å²) in [5.41, 5.74) is 0. The Hall–Kier alpha value is -1.26. The number of hydrogen-bond acceptors (Lipinski definition) is 0. The van der Waals surface area contributed by atoms with E-state index in [1.807, 2.05) is 30.7 Å². The third-order valence-corrected chi connectivity index (χ3v) is 2.20. The van der Waals surface area contributed by atoms with E-state index in [0.717, 1.165) is 5.92 Å². The topological polar surface area (TPSA) is 39.8 Å². The van der Waals surface area contributed by atoms with E-state index < -0.39 is 7.25 Å². The van der Waals surface area contributed by atoms with Gasteiger partial charge >= 0.3 is 29.9 Å². The summed E-state index contributed by atoms with van der Waals surface area (Å²) < 4.78 is 54.0. The Bertz CT molecular complexity index is 366. The number of halogens is 4. The van der Waals surface area contributed by atoms with Gasteiger partial charge < -0.3 is 17.3 Å². The number of rotatable bonds is 1. The minimum atomic E-state index is -6.00. The van der Waals surface area contributed by atoms with Gasteiger partial charge in [0, 0.05) is 23.5 Å². The summed E-state index contributed by atoms with van der Waals surface area (Å²) in [7, 11) is -6.00. The first-order valence-corrected chi connectivity index (χ1v) is 6.16. The van der Waals surface area contributed by atoms with Crippen LogP contribution in [0.25, 0.3) is 0 Å². The summed E-state index contributed by atoms with van der Waals surface area (Å²) in [5, 5.41) is 0. The van der Waals surface area contributed by atoms with Crippen LogP contribution in [0, 0.1) is 25.6 Å². The van der Waals surface area contributed by atoms with Crippen LogP contribution in [0.3, 0.4) is 0 Å². The van der Waals surface area contributed by atoms with E-state index in [0.29, 0.717) is 0 Å². The normalized spacial score (nSPS) is 16.3. The van der Waals surface area contributed by atoms with Crippen molar-refractivity contribution < 1.29 is 43.6 Å². The molecule has 129 valence electrons. The molecule has 0 aliphatic heterocycles. The summed E-state index contributed by atoms with van der Waals surface area (Å²) in [6, 6.07) is 0. The zero-order valence-electron chi connectivity index (χ0n) is 12.3. The molecule has 0 saturated heterocycles. The third-order valence-electron chi connectivity index (χ3n) is 2.20. The molecule has 2 nitrogen and oxygen atoms in total. The van der Waals surface area contributed by atoms with Crippen molar-refractivity contribution >= 4 is 7.25 Å². The average Bonchev–Trinajstić information content (AvgIpc) is 3.10. The summed E-state index contributed by atoms with van der Waals surface area (Å²) >= 11 is 0. The van der Waals surface area contributed by atoms with Crippen LogP contribution in [0.4, 0.5) is 17.3 Å². The number of allylic oxidation sites excluding steroid dienone is 7. The molecule has 0 aromatic heterocycles. The standard InChI is InChI=1S/C8H12.C5H5.2CO.BF4.Fe/c1-2-8-6-4-3-5-7-8;1-2-4-5-3-1;2*1-2;2-1(3,4)5;/h2-4,8H,1,5-7H2;1-5H;;;;/q;;;;-1;. The molecule has 0 aromatic rings. The van der Waals surface area contributed by atoms with Crippen LogP contribution in [0.1, 0.15) is 19.3 Å². The van der Waals surface area contributed by atoms with Gasteiger partial charge in [-0.05, 0) is 25.2 Å². The minimum Gasteiger partial charge on any atom is -0.0767 e. The van der Waals surface area contributed by atoms with Crippen molar-refractivity contribution in [3.05, 3.63) is 68.8 Å². The van der Waals surface area contributed by atoms with Gasteiger partial charge in [0.1, 0.15) is 0 Å². The second-order valence-electron chi connectivity index (χ2n) is 3.74. The van der Waals surface area contributed by atoms with E-state index >= 15 is 0 Å². The zero-order chi connectivity index (χ0) is 17.9. The molecule has 2 aliphatic carbocycles. The molecule has 8 heteroatoms. The second kappa shape index (κ2) is 23.0. The van der Waals surface area contributed by atoms with Crippen molar-refractivity contribution in [2.45, 2.75) is 19.3 Å². The zero-order valence-corrected chi connectivity index (χ0v) is 13.4. The molecule has 0 heterocycles. The maximum absolute atomic E-state index is 9.75. The molecule has 0 bridgehead atoms. The maximum atomic E-state index is 9.75. The summed E-state index contributed by atoms with van der Waals surface area (Å²) in [6.07, 6.45) is 20.3. The van der Waals surface area contributed by atoms with Crippen molar-refractivity contribution in [1.29, 1.82) is 0 Å². The van der Waals surface area contributed by atoms with Gasteiger partial charge in [-0.2, -0.15) is 0 Å². The van der Waals surface area contributed by atoms with Crippen molar-refractivity contribution in [3.63, 3.8) is 0 Å². The fourth-order valence-electron chi connectivity index (χ4n) is 1.35. The molecule has 1 atom stereocenters. The Balaban J connectivity index is -0.000000107. The van der Waals surface area contributed by atoms with E-state index in [-0.39, 0.29) is 17.1 Å². The van der Waals surface area contributed by atoms with Crippen LogP contribution in [0.2, 0.25) is 0 Å². The molecule has 1 unspecified atom stereocenters. The molecule has 23 heavy (non-hydrogen) atoms. The molecule has 0 saturated carbocycles. The molecule has 2 aliphatic rings. The summed E-state index contributed by atoms with van der Waals surface area (Å²) in [5.74, 6) is 0.764. The van der Waals surface area contributed by atoms with E-state index in [1.54, 1.807) is 0 Å². The first-order valence-electron chi connectivity index (χ1n) is 6.16. The van der Waals surface area contributed by atoms with Gasteiger partial charge in [0.15, 0.2) is 0 Å². The van der Waals surface area contributed by atoms with E-state index in [4.69, 9.17) is 9.30 Å². The Kier molecular flexibility index (Phi) is 29.7. The van der Waals surface area contributed by atoms with Crippen LogP contribution < -0.4 is 0 Å². The van der Waals surface area contributed by atoms with Gasteiger partial charge in [0.05, 0.1) is 0 Å². The van der Waals surface area contributed by atoms with Crippen LogP contribution in [0.5, 0.6) is 0 Å². The van der Waals surface area contributed by atoms with Crippen molar-refractivity contribution in [1.82, 2.24) is 0 Å². The van der Waals surface area contributed by atoms with Crippen molar-refractivity contribution in [2.24, 2.45) is 5.92 Å². The van der Waals surface area contributed by atoms with Crippen molar-refractivity contribution in [3.8, 4) is 0 Å². The third kappa shape index (κ3) is 38.6. The summed E-state index contributed by atoms with van der Waals surface area (Å²) in [4.78, 5) is 0. The van der Waals surface area contributed by atoms with Crippen LogP contribution in [-0.2, 0) is 26.4 Å². The van der Waals surface area contributed by atoms with Gasteiger partial charge in [0.25, 0.3) is 0 Å². The largest absolute Gasteiger partial charge is 0.0767 e. The maximum Gasteiger partial charge on any atom is 0.00506 e. The monoisotopic (exact) mass is 372 g/mol. The Morgan fingerprint density at radius 2 is 1.39 bits per heavy atom. The molecule has 0 aromatic carbocycles. The average molecular weight is 372 g/mol. The minimum absolute atomic E-state index is 0. The Morgan fingerprint density at radius 1 is 0.957 bits per heavy atom. The first-order chi connectivity index (χ1) is 10.4. The molecule has 0 N–H and O–H groups in total. The van der Waals surface area contributed by atoms with Gasteiger partial charge in [-0.15, -0.1) is 6.58 Å². The van der Waals surface area contributed by atoms with Crippen LogP contribution >= 0.6 is 0 Å². The van der Waals surface area contributed by atoms with Crippen LogP contribution in [0.15, 0.2) is 49.1 Å². The molecule has 1 radical (unpaired) electrons.